The Hall–Kier alpha value is -2.67. The number of aliphatic hydroxyl groups is 1. The largest absolute Gasteiger partial charge is 0.381 e. The second-order valence-corrected chi connectivity index (χ2v) is 9.85. The first-order chi connectivity index (χ1) is 15.8. The van der Waals surface area contributed by atoms with E-state index in [1.165, 1.54) is 5.52 Å². The van der Waals surface area contributed by atoms with Crippen LogP contribution in [0.25, 0.3) is 22.0 Å². The molecule has 2 unspecified atom stereocenters. The fraction of sp³-hybridized carbons (Fsp3) is 0.385. The molecule has 2 aliphatic rings. The number of rotatable bonds is 5. The lowest BCUT2D eigenvalue weighted by Crippen LogP contribution is -2.50. The van der Waals surface area contributed by atoms with Crippen LogP contribution in [0.2, 0.25) is 5.02 Å². The van der Waals surface area contributed by atoms with E-state index in [9.17, 15) is 14.7 Å². The van der Waals surface area contributed by atoms with Crippen LogP contribution in [0.15, 0.2) is 48.7 Å². The molecule has 1 aliphatic heterocycles. The van der Waals surface area contributed by atoms with Crippen LogP contribution in [-0.2, 0) is 4.79 Å². The summed E-state index contributed by atoms with van der Waals surface area (Å²) < 4.78 is 2.24. The zero-order valence-electron chi connectivity index (χ0n) is 18.9. The lowest BCUT2D eigenvalue weighted by Gasteiger charge is -2.35. The maximum absolute atomic E-state index is 13.1. The summed E-state index contributed by atoms with van der Waals surface area (Å²) in [6, 6.07) is 14.2. The third kappa shape index (κ3) is 3.97. The van der Waals surface area contributed by atoms with Crippen molar-refractivity contribution in [2.45, 2.75) is 38.0 Å². The molecule has 0 bridgehead atoms. The number of aldehydes is 1. The molecule has 1 saturated heterocycles. The molecule has 0 spiro atoms. The van der Waals surface area contributed by atoms with E-state index in [2.05, 4.69) is 53.8 Å². The molecule has 2 heterocycles. The normalized spacial score (nSPS) is 23.3. The molecule has 172 valence electrons. The summed E-state index contributed by atoms with van der Waals surface area (Å²) in [5.41, 5.74) is 2.48. The molecule has 1 N–H and O–H groups in total. The highest BCUT2D eigenvalue weighted by atomic mass is 35.5. The van der Waals surface area contributed by atoms with E-state index < -0.39 is 5.60 Å². The average Bonchev–Trinajstić information content (AvgIpc) is 3.32. The number of halogens is 1. The standard InChI is InChI=1S/C26H28ClN3O3/c1-17(2)30-8-7-19-13-18(4-6-23(19)30)21-5-3-20(14-22(21)27)25(32)29-11-9-28(10-12-29)24-15-26(24,33)16-31/h3-8,13-14,16-17,24,33H,9-12,15H2,1-2H3. The van der Waals surface area contributed by atoms with E-state index >= 15 is 0 Å². The number of amides is 1. The second-order valence-electron chi connectivity index (χ2n) is 9.44. The molecule has 33 heavy (non-hydrogen) atoms. The zero-order chi connectivity index (χ0) is 23.3. The molecule has 1 aromatic heterocycles. The summed E-state index contributed by atoms with van der Waals surface area (Å²) in [7, 11) is 0. The van der Waals surface area contributed by atoms with Gasteiger partial charge in [0.15, 0.2) is 6.29 Å². The molecular weight excluding hydrogens is 438 g/mol. The Bertz CT molecular complexity index is 1230. The summed E-state index contributed by atoms with van der Waals surface area (Å²) in [4.78, 5) is 28.0. The van der Waals surface area contributed by atoms with Crippen LogP contribution >= 0.6 is 11.6 Å². The minimum absolute atomic E-state index is 0.0472. The van der Waals surface area contributed by atoms with Crippen LogP contribution in [0.5, 0.6) is 0 Å². The van der Waals surface area contributed by atoms with Crippen molar-refractivity contribution >= 4 is 34.7 Å². The number of benzene rings is 2. The van der Waals surface area contributed by atoms with Gasteiger partial charge in [-0.3, -0.25) is 9.69 Å². The van der Waals surface area contributed by atoms with E-state index in [0.29, 0.717) is 55.5 Å². The molecule has 2 atom stereocenters. The Morgan fingerprint density at radius 3 is 2.52 bits per heavy atom. The highest BCUT2D eigenvalue weighted by Gasteiger charge is 2.56. The van der Waals surface area contributed by atoms with Gasteiger partial charge in [-0.05, 0) is 49.7 Å². The number of hydrogen-bond donors (Lipinski definition) is 1. The zero-order valence-corrected chi connectivity index (χ0v) is 19.6. The van der Waals surface area contributed by atoms with E-state index in [0.717, 1.165) is 16.5 Å². The average molecular weight is 466 g/mol. The van der Waals surface area contributed by atoms with Gasteiger partial charge in [0.1, 0.15) is 5.60 Å². The number of hydrogen-bond acceptors (Lipinski definition) is 4. The third-order valence-electron chi connectivity index (χ3n) is 6.99. The topological polar surface area (TPSA) is 65.8 Å². The van der Waals surface area contributed by atoms with Crippen LogP contribution in [-0.4, -0.2) is 69.5 Å². The Morgan fingerprint density at radius 1 is 1.12 bits per heavy atom. The Labute approximate surface area is 198 Å². The number of carbonyl (C=O) groups excluding carboxylic acids is 2. The number of carbonyl (C=O) groups is 2. The van der Waals surface area contributed by atoms with Crippen molar-refractivity contribution in [2.75, 3.05) is 26.2 Å². The van der Waals surface area contributed by atoms with Crippen molar-refractivity contribution in [2.24, 2.45) is 0 Å². The first-order valence-electron chi connectivity index (χ1n) is 11.4. The van der Waals surface area contributed by atoms with Crippen molar-refractivity contribution in [3.8, 4) is 11.1 Å². The van der Waals surface area contributed by atoms with Crippen LogP contribution in [0.1, 0.15) is 36.7 Å². The van der Waals surface area contributed by atoms with Crippen LogP contribution < -0.4 is 0 Å². The fourth-order valence-corrected chi connectivity index (χ4v) is 5.20. The SMILES string of the molecule is CC(C)n1ccc2cc(-c3ccc(C(=O)N4CCN(C5CC5(O)C=O)CC4)cc3Cl)ccc21. The Balaban J connectivity index is 1.30. The molecule has 2 fully saturated rings. The Kier molecular flexibility index (Phi) is 5.55. The molecule has 3 aromatic rings. The molecule has 1 amide bonds. The van der Waals surface area contributed by atoms with Gasteiger partial charge in [0.2, 0.25) is 0 Å². The lowest BCUT2D eigenvalue weighted by molar-refractivity contribution is -0.117. The van der Waals surface area contributed by atoms with Gasteiger partial charge in [0.25, 0.3) is 5.91 Å². The van der Waals surface area contributed by atoms with Gasteiger partial charge < -0.3 is 19.4 Å². The predicted molar refractivity (Wildman–Crippen MR) is 130 cm³/mol. The summed E-state index contributed by atoms with van der Waals surface area (Å²) in [6.07, 6.45) is 3.22. The van der Waals surface area contributed by atoms with Crippen molar-refractivity contribution in [3.63, 3.8) is 0 Å². The fourth-order valence-electron chi connectivity index (χ4n) is 4.91. The molecule has 1 aliphatic carbocycles. The monoisotopic (exact) mass is 465 g/mol. The highest BCUT2D eigenvalue weighted by Crippen LogP contribution is 2.39. The van der Waals surface area contributed by atoms with E-state index in [1.54, 1.807) is 6.07 Å². The number of fused-ring (bicyclic) bond motifs is 1. The minimum atomic E-state index is -1.20. The predicted octanol–water partition coefficient (Wildman–Crippen LogP) is 4.00. The van der Waals surface area contributed by atoms with Gasteiger partial charge in [-0.1, -0.05) is 23.7 Å². The lowest BCUT2D eigenvalue weighted by atomic mass is 10.0. The van der Waals surface area contributed by atoms with Crippen molar-refractivity contribution < 1.29 is 14.7 Å². The third-order valence-corrected chi connectivity index (χ3v) is 7.30. The Morgan fingerprint density at radius 2 is 1.88 bits per heavy atom. The highest BCUT2D eigenvalue weighted by molar-refractivity contribution is 6.33. The molecular formula is C26H28ClN3O3. The maximum Gasteiger partial charge on any atom is 0.253 e. The van der Waals surface area contributed by atoms with Gasteiger partial charge >= 0.3 is 0 Å². The minimum Gasteiger partial charge on any atom is -0.381 e. The van der Waals surface area contributed by atoms with E-state index in [-0.39, 0.29) is 11.9 Å². The first kappa shape index (κ1) is 22.1. The van der Waals surface area contributed by atoms with Crippen molar-refractivity contribution in [3.05, 3.63) is 59.2 Å². The summed E-state index contributed by atoms with van der Waals surface area (Å²) in [5, 5.41) is 11.7. The molecule has 0 radical (unpaired) electrons. The molecule has 6 nitrogen and oxygen atoms in total. The van der Waals surface area contributed by atoms with Crippen molar-refractivity contribution in [1.29, 1.82) is 0 Å². The second kappa shape index (κ2) is 8.28. The number of aromatic nitrogens is 1. The van der Waals surface area contributed by atoms with Gasteiger partial charge in [0.05, 0.1) is 0 Å². The number of nitrogens with zero attached hydrogens (tertiary/aromatic N) is 3. The van der Waals surface area contributed by atoms with Crippen LogP contribution in [0.4, 0.5) is 0 Å². The van der Waals surface area contributed by atoms with E-state index in [4.69, 9.17) is 11.6 Å². The molecule has 5 rings (SSSR count). The van der Waals surface area contributed by atoms with Crippen LogP contribution in [0.3, 0.4) is 0 Å². The van der Waals surface area contributed by atoms with Crippen molar-refractivity contribution in [1.82, 2.24) is 14.4 Å². The molecule has 7 heteroatoms. The summed E-state index contributed by atoms with van der Waals surface area (Å²) in [6.45, 7) is 6.75. The summed E-state index contributed by atoms with van der Waals surface area (Å²) >= 11 is 6.63. The van der Waals surface area contributed by atoms with Crippen LogP contribution in [0, 0.1) is 0 Å². The quantitative estimate of drug-likeness (QED) is 0.578. The first-order valence-corrected chi connectivity index (χ1v) is 11.8. The van der Waals surface area contributed by atoms with Gasteiger partial charge in [0, 0.05) is 77.9 Å². The van der Waals surface area contributed by atoms with Gasteiger partial charge in [-0.15, -0.1) is 0 Å². The van der Waals surface area contributed by atoms with Gasteiger partial charge in [-0.2, -0.15) is 0 Å². The van der Waals surface area contributed by atoms with Gasteiger partial charge in [-0.25, -0.2) is 0 Å². The molecule has 1 saturated carbocycles. The number of piperazine rings is 1. The van der Waals surface area contributed by atoms with E-state index in [1.807, 2.05) is 17.0 Å². The maximum atomic E-state index is 13.1. The summed E-state index contributed by atoms with van der Waals surface area (Å²) in [5.74, 6) is -0.0472. The smallest absolute Gasteiger partial charge is 0.253 e. The molecule has 2 aromatic carbocycles.